The number of nitrogens with zero attached hydrogens (tertiary/aromatic N) is 1. The van der Waals surface area contributed by atoms with Gasteiger partial charge in [0.1, 0.15) is 18.0 Å². The van der Waals surface area contributed by atoms with Crippen molar-refractivity contribution < 1.29 is 23.5 Å². The minimum absolute atomic E-state index is 0.0446. The van der Waals surface area contributed by atoms with Gasteiger partial charge in [0, 0.05) is 6.54 Å². The largest absolute Gasteiger partial charge is 0.490 e. The molecule has 0 spiro atoms. The highest BCUT2D eigenvalue weighted by atomic mass is 32.1. The van der Waals surface area contributed by atoms with Gasteiger partial charge in [0.25, 0.3) is 11.8 Å². The first-order chi connectivity index (χ1) is 14.9. The van der Waals surface area contributed by atoms with E-state index >= 15 is 0 Å². The van der Waals surface area contributed by atoms with Crippen molar-refractivity contribution in [2.45, 2.75) is 13.5 Å². The summed E-state index contributed by atoms with van der Waals surface area (Å²) in [6.07, 6.45) is 2.99. The number of carbonyl (C=O) groups is 2. The molecule has 1 aliphatic rings. The maximum Gasteiger partial charge on any atom is 0.265 e. The molecule has 1 fully saturated rings. The summed E-state index contributed by atoms with van der Waals surface area (Å²) in [6, 6.07) is 11.2. The summed E-state index contributed by atoms with van der Waals surface area (Å²) < 4.78 is 24.8. The summed E-state index contributed by atoms with van der Waals surface area (Å²) in [5, 5.41) is 2.55. The van der Waals surface area contributed by atoms with E-state index in [1.165, 1.54) is 29.2 Å². The van der Waals surface area contributed by atoms with Gasteiger partial charge in [-0.05, 0) is 60.6 Å². The number of hydrogen-bond acceptors (Lipinski definition) is 5. The quantitative estimate of drug-likeness (QED) is 0.294. The number of benzene rings is 2. The first-order valence-electron chi connectivity index (χ1n) is 9.56. The second kappa shape index (κ2) is 9.99. The van der Waals surface area contributed by atoms with E-state index < -0.39 is 11.8 Å². The lowest BCUT2D eigenvalue weighted by Crippen LogP contribution is -2.53. The third-order valence-corrected chi connectivity index (χ3v) is 4.68. The van der Waals surface area contributed by atoms with E-state index in [0.29, 0.717) is 29.2 Å². The van der Waals surface area contributed by atoms with Crippen LogP contribution in [0.25, 0.3) is 6.08 Å². The number of ether oxygens (including phenoxy) is 2. The van der Waals surface area contributed by atoms with Crippen LogP contribution in [0, 0.1) is 5.82 Å². The van der Waals surface area contributed by atoms with Crippen LogP contribution in [0.2, 0.25) is 0 Å². The van der Waals surface area contributed by atoms with Crippen LogP contribution in [0.4, 0.5) is 4.39 Å². The molecule has 0 unspecified atom stereocenters. The van der Waals surface area contributed by atoms with Gasteiger partial charge in [0.15, 0.2) is 16.6 Å². The van der Waals surface area contributed by atoms with Gasteiger partial charge in [-0.15, -0.1) is 6.58 Å². The molecular formula is C23H21FN2O4S. The molecule has 6 nitrogen and oxygen atoms in total. The molecule has 0 saturated carbocycles. The van der Waals surface area contributed by atoms with Crippen molar-refractivity contribution in [3.8, 4) is 11.5 Å². The van der Waals surface area contributed by atoms with Crippen molar-refractivity contribution in [3.63, 3.8) is 0 Å². The van der Waals surface area contributed by atoms with E-state index in [9.17, 15) is 14.0 Å². The summed E-state index contributed by atoms with van der Waals surface area (Å²) >= 11 is 5.05. The number of nitrogens with one attached hydrogen (secondary N) is 1. The van der Waals surface area contributed by atoms with Gasteiger partial charge in [0.05, 0.1) is 6.61 Å². The molecule has 1 N–H and O–H groups in total. The SMILES string of the molecule is C=CCN1C(=O)/C(=C/c2ccc(OCc3cccc(F)c3)c(OCC)c2)C(=O)NC1=S. The number of thiocarbonyl (C=S) groups is 1. The smallest absolute Gasteiger partial charge is 0.265 e. The third kappa shape index (κ3) is 5.35. The Balaban J connectivity index is 1.85. The Labute approximate surface area is 185 Å². The third-order valence-electron chi connectivity index (χ3n) is 4.36. The topological polar surface area (TPSA) is 67.9 Å². The number of amides is 2. The van der Waals surface area contributed by atoms with E-state index in [1.807, 2.05) is 6.92 Å². The molecule has 2 amide bonds. The number of rotatable bonds is 8. The van der Waals surface area contributed by atoms with E-state index in [1.54, 1.807) is 30.3 Å². The van der Waals surface area contributed by atoms with Crippen molar-refractivity contribution in [2.75, 3.05) is 13.2 Å². The van der Waals surface area contributed by atoms with Crippen LogP contribution in [-0.4, -0.2) is 35.0 Å². The molecule has 160 valence electrons. The predicted molar refractivity (Wildman–Crippen MR) is 119 cm³/mol. The van der Waals surface area contributed by atoms with Crippen molar-refractivity contribution in [1.82, 2.24) is 10.2 Å². The summed E-state index contributed by atoms with van der Waals surface area (Å²) in [7, 11) is 0. The van der Waals surface area contributed by atoms with Crippen LogP contribution in [0.5, 0.6) is 11.5 Å². The van der Waals surface area contributed by atoms with Gasteiger partial charge in [-0.3, -0.25) is 19.8 Å². The highest BCUT2D eigenvalue weighted by molar-refractivity contribution is 7.80. The van der Waals surface area contributed by atoms with Gasteiger partial charge in [-0.1, -0.05) is 24.3 Å². The second-order valence-corrected chi connectivity index (χ2v) is 6.97. The van der Waals surface area contributed by atoms with E-state index in [4.69, 9.17) is 21.7 Å². The summed E-state index contributed by atoms with van der Waals surface area (Å²) in [5.74, 6) is -0.510. The van der Waals surface area contributed by atoms with Crippen molar-refractivity contribution in [1.29, 1.82) is 0 Å². The molecule has 2 aromatic carbocycles. The predicted octanol–water partition coefficient (Wildman–Crippen LogP) is 3.62. The van der Waals surface area contributed by atoms with Crippen LogP contribution in [0.15, 0.2) is 60.7 Å². The molecule has 1 aliphatic heterocycles. The Morgan fingerprint density at radius 1 is 1.16 bits per heavy atom. The number of carbonyl (C=O) groups excluding carboxylic acids is 2. The fourth-order valence-corrected chi connectivity index (χ4v) is 3.20. The molecule has 3 rings (SSSR count). The summed E-state index contributed by atoms with van der Waals surface area (Å²) in [6.45, 7) is 6.16. The van der Waals surface area contributed by atoms with Gasteiger partial charge in [0.2, 0.25) is 0 Å². The molecule has 8 heteroatoms. The lowest BCUT2D eigenvalue weighted by atomic mass is 10.1. The maximum absolute atomic E-state index is 13.4. The molecule has 0 bridgehead atoms. The Kier molecular flexibility index (Phi) is 7.15. The summed E-state index contributed by atoms with van der Waals surface area (Å²) in [5.41, 5.74) is 1.20. The van der Waals surface area contributed by atoms with E-state index in [0.717, 1.165) is 0 Å². The fraction of sp³-hybridized carbons (Fsp3) is 0.174. The fourth-order valence-electron chi connectivity index (χ4n) is 2.95. The first-order valence-corrected chi connectivity index (χ1v) is 9.97. The molecule has 2 aromatic rings. The van der Waals surface area contributed by atoms with Gasteiger partial charge in [-0.25, -0.2) is 4.39 Å². The lowest BCUT2D eigenvalue weighted by Gasteiger charge is -2.27. The molecule has 0 radical (unpaired) electrons. The second-order valence-electron chi connectivity index (χ2n) is 6.58. The highest BCUT2D eigenvalue weighted by Crippen LogP contribution is 2.30. The van der Waals surface area contributed by atoms with Gasteiger partial charge >= 0.3 is 0 Å². The standard InChI is InChI=1S/C23H21FN2O4S/c1-3-10-26-22(28)18(21(27)25-23(26)31)12-15-8-9-19(20(13-15)29-4-2)30-14-16-6-5-7-17(24)11-16/h3,5-9,11-13H,1,4,10,14H2,2H3,(H,25,27,31)/b18-12+. The average molecular weight is 440 g/mol. The molecule has 0 atom stereocenters. The zero-order valence-corrected chi connectivity index (χ0v) is 17.7. The monoisotopic (exact) mass is 440 g/mol. The Hall–Kier alpha value is -3.52. The zero-order valence-electron chi connectivity index (χ0n) is 16.9. The van der Waals surface area contributed by atoms with Crippen LogP contribution in [0.1, 0.15) is 18.1 Å². The van der Waals surface area contributed by atoms with Gasteiger partial charge < -0.3 is 9.47 Å². The van der Waals surface area contributed by atoms with Crippen LogP contribution in [-0.2, 0) is 16.2 Å². The Bertz CT molecular complexity index is 1070. The van der Waals surface area contributed by atoms with Crippen LogP contribution in [0.3, 0.4) is 0 Å². The maximum atomic E-state index is 13.4. The Morgan fingerprint density at radius 3 is 2.68 bits per heavy atom. The first kappa shape index (κ1) is 22.2. The van der Waals surface area contributed by atoms with Gasteiger partial charge in [-0.2, -0.15) is 0 Å². The van der Waals surface area contributed by atoms with Crippen LogP contribution >= 0.6 is 12.2 Å². The van der Waals surface area contributed by atoms with Crippen LogP contribution < -0.4 is 14.8 Å². The highest BCUT2D eigenvalue weighted by Gasteiger charge is 2.32. The molecule has 0 aliphatic carbocycles. The molecular weight excluding hydrogens is 419 g/mol. The minimum Gasteiger partial charge on any atom is -0.490 e. The van der Waals surface area contributed by atoms with Crippen molar-refractivity contribution in [2.24, 2.45) is 0 Å². The normalized spacial score (nSPS) is 15.1. The number of halogens is 1. The van der Waals surface area contributed by atoms with E-state index in [2.05, 4.69) is 11.9 Å². The molecule has 1 heterocycles. The summed E-state index contributed by atoms with van der Waals surface area (Å²) in [4.78, 5) is 26.2. The average Bonchev–Trinajstić information content (AvgIpc) is 2.74. The lowest BCUT2D eigenvalue weighted by molar-refractivity contribution is -0.128. The zero-order chi connectivity index (χ0) is 22.4. The van der Waals surface area contributed by atoms with E-state index in [-0.39, 0.29) is 29.7 Å². The van der Waals surface area contributed by atoms with Crippen molar-refractivity contribution >= 4 is 35.2 Å². The number of hydrogen-bond donors (Lipinski definition) is 1. The molecule has 1 saturated heterocycles. The van der Waals surface area contributed by atoms with Crippen molar-refractivity contribution in [3.05, 3.63) is 77.6 Å². The Morgan fingerprint density at radius 2 is 1.97 bits per heavy atom. The molecule has 31 heavy (non-hydrogen) atoms. The molecule has 0 aromatic heterocycles. The minimum atomic E-state index is -0.570.